The lowest BCUT2D eigenvalue weighted by Crippen LogP contribution is -2.31. The highest BCUT2D eigenvalue weighted by Gasteiger charge is 2.20. The molecule has 2 N–H and O–H groups in total. The van der Waals surface area contributed by atoms with Gasteiger partial charge < -0.3 is 10.4 Å². The van der Waals surface area contributed by atoms with Gasteiger partial charge in [-0.3, -0.25) is 0 Å². The second kappa shape index (κ2) is 6.15. The van der Waals surface area contributed by atoms with E-state index in [4.69, 9.17) is 11.6 Å². The van der Waals surface area contributed by atoms with E-state index in [9.17, 15) is 5.11 Å². The first-order valence-electron chi connectivity index (χ1n) is 7.22. The van der Waals surface area contributed by atoms with Crippen LogP contribution in [0.1, 0.15) is 49.3 Å². The molecule has 0 saturated carbocycles. The molecule has 1 atom stereocenters. The summed E-state index contributed by atoms with van der Waals surface area (Å²) < 4.78 is 0. The van der Waals surface area contributed by atoms with E-state index in [2.05, 4.69) is 19.2 Å². The minimum absolute atomic E-state index is 0.293. The quantitative estimate of drug-likeness (QED) is 0.877. The second-order valence-electron chi connectivity index (χ2n) is 5.97. The van der Waals surface area contributed by atoms with E-state index >= 15 is 0 Å². The lowest BCUT2D eigenvalue weighted by atomic mass is 9.87. The maximum absolute atomic E-state index is 10.5. The number of benzene rings is 1. The Balaban J connectivity index is 2.32. The molecule has 1 aliphatic rings. The Morgan fingerprint density at radius 3 is 2.79 bits per heavy atom. The first kappa shape index (κ1) is 14.7. The molecule has 19 heavy (non-hydrogen) atoms. The third-order valence-electron chi connectivity index (χ3n) is 4.17. The standard InChI is InChI=1S/C16H24ClNO/c1-10(2)13-8-15(17)11(3)14(16(13)19)7-12-5-4-6-18-9-12/h8,10,12,18-19H,4-7,9H2,1-3H3. The van der Waals surface area contributed by atoms with E-state index < -0.39 is 0 Å². The molecule has 0 radical (unpaired) electrons. The number of phenols is 1. The summed E-state index contributed by atoms with van der Waals surface area (Å²) in [5.41, 5.74) is 3.05. The molecule has 0 spiro atoms. The van der Waals surface area contributed by atoms with E-state index in [1.165, 1.54) is 12.8 Å². The van der Waals surface area contributed by atoms with Crippen LogP contribution in [0.5, 0.6) is 5.75 Å². The maximum Gasteiger partial charge on any atom is 0.122 e. The van der Waals surface area contributed by atoms with Gasteiger partial charge in [-0.15, -0.1) is 0 Å². The van der Waals surface area contributed by atoms with E-state index in [1.54, 1.807) is 0 Å². The zero-order valence-electron chi connectivity index (χ0n) is 12.1. The lowest BCUT2D eigenvalue weighted by molar-refractivity contribution is 0.368. The molecule has 1 heterocycles. The summed E-state index contributed by atoms with van der Waals surface area (Å²) in [5, 5.41) is 14.7. The Labute approximate surface area is 121 Å². The van der Waals surface area contributed by atoms with Crippen molar-refractivity contribution in [2.24, 2.45) is 5.92 Å². The molecule has 0 aliphatic carbocycles. The fraction of sp³-hybridized carbons (Fsp3) is 0.625. The lowest BCUT2D eigenvalue weighted by Gasteiger charge is -2.25. The number of rotatable bonds is 3. The van der Waals surface area contributed by atoms with Crippen molar-refractivity contribution in [3.63, 3.8) is 0 Å². The highest BCUT2D eigenvalue weighted by atomic mass is 35.5. The van der Waals surface area contributed by atoms with Gasteiger partial charge in [-0.25, -0.2) is 0 Å². The molecular weight excluding hydrogens is 258 g/mol. The molecule has 2 rings (SSSR count). The minimum atomic E-state index is 0.293. The number of hydrogen-bond acceptors (Lipinski definition) is 2. The number of hydrogen-bond donors (Lipinski definition) is 2. The third-order valence-corrected chi connectivity index (χ3v) is 4.56. The van der Waals surface area contributed by atoms with Gasteiger partial charge in [-0.2, -0.15) is 0 Å². The summed E-state index contributed by atoms with van der Waals surface area (Å²) in [4.78, 5) is 0. The molecule has 3 heteroatoms. The number of aromatic hydroxyl groups is 1. The Kier molecular flexibility index (Phi) is 4.75. The molecule has 106 valence electrons. The number of halogens is 1. The van der Waals surface area contributed by atoms with E-state index in [1.807, 2.05) is 13.0 Å². The summed E-state index contributed by atoms with van der Waals surface area (Å²) in [6, 6.07) is 1.92. The predicted molar refractivity (Wildman–Crippen MR) is 81.2 cm³/mol. The summed E-state index contributed by atoms with van der Waals surface area (Å²) in [7, 11) is 0. The molecule has 1 saturated heterocycles. The predicted octanol–water partition coefficient (Wildman–Crippen LogP) is 4.02. The molecule has 1 unspecified atom stereocenters. The van der Waals surface area contributed by atoms with Crippen LogP contribution in [0.3, 0.4) is 0 Å². The van der Waals surface area contributed by atoms with Crippen molar-refractivity contribution in [1.29, 1.82) is 0 Å². The molecule has 1 aromatic rings. The summed E-state index contributed by atoms with van der Waals surface area (Å²) in [6.07, 6.45) is 3.38. The zero-order chi connectivity index (χ0) is 14.0. The van der Waals surface area contributed by atoms with Crippen molar-refractivity contribution < 1.29 is 5.11 Å². The van der Waals surface area contributed by atoms with Gasteiger partial charge in [0.15, 0.2) is 0 Å². The van der Waals surface area contributed by atoms with Crippen molar-refractivity contribution >= 4 is 11.6 Å². The molecule has 2 nitrogen and oxygen atoms in total. The minimum Gasteiger partial charge on any atom is -0.507 e. The average Bonchev–Trinajstić information content (AvgIpc) is 2.40. The molecule has 0 aromatic heterocycles. The van der Waals surface area contributed by atoms with Crippen LogP contribution >= 0.6 is 11.6 Å². The zero-order valence-corrected chi connectivity index (χ0v) is 12.8. The smallest absolute Gasteiger partial charge is 0.122 e. The Morgan fingerprint density at radius 2 is 2.21 bits per heavy atom. The van der Waals surface area contributed by atoms with Gasteiger partial charge in [0.25, 0.3) is 0 Å². The van der Waals surface area contributed by atoms with Crippen LogP contribution < -0.4 is 5.32 Å². The van der Waals surface area contributed by atoms with Crippen LogP contribution in [-0.2, 0) is 6.42 Å². The van der Waals surface area contributed by atoms with E-state index in [-0.39, 0.29) is 0 Å². The Hall–Kier alpha value is -0.730. The average molecular weight is 282 g/mol. The molecule has 0 bridgehead atoms. The van der Waals surface area contributed by atoms with E-state index in [0.717, 1.165) is 41.2 Å². The Bertz CT molecular complexity index is 451. The van der Waals surface area contributed by atoms with Crippen molar-refractivity contribution in [2.75, 3.05) is 13.1 Å². The van der Waals surface area contributed by atoms with Crippen molar-refractivity contribution in [3.05, 3.63) is 27.8 Å². The highest BCUT2D eigenvalue weighted by Crippen LogP contribution is 2.37. The van der Waals surface area contributed by atoms with Gasteiger partial charge in [-0.05, 0) is 73.9 Å². The Morgan fingerprint density at radius 1 is 1.47 bits per heavy atom. The van der Waals surface area contributed by atoms with Crippen LogP contribution in [0.4, 0.5) is 0 Å². The van der Waals surface area contributed by atoms with E-state index in [0.29, 0.717) is 17.6 Å². The molecular formula is C16H24ClNO. The summed E-state index contributed by atoms with van der Waals surface area (Å²) in [6.45, 7) is 8.35. The summed E-state index contributed by atoms with van der Waals surface area (Å²) >= 11 is 6.33. The topological polar surface area (TPSA) is 32.3 Å². The monoisotopic (exact) mass is 281 g/mol. The fourth-order valence-electron chi connectivity index (χ4n) is 2.89. The van der Waals surface area contributed by atoms with Crippen LogP contribution in [0.15, 0.2) is 6.07 Å². The SMILES string of the molecule is Cc1c(Cl)cc(C(C)C)c(O)c1CC1CCCNC1. The molecule has 1 aromatic carbocycles. The van der Waals surface area contributed by atoms with Crippen LogP contribution in [0.25, 0.3) is 0 Å². The molecule has 1 aliphatic heterocycles. The van der Waals surface area contributed by atoms with Crippen LogP contribution in [-0.4, -0.2) is 18.2 Å². The van der Waals surface area contributed by atoms with Crippen molar-refractivity contribution in [3.8, 4) is 5.75 Å². The van der Waals surface area contributed by atoms with Gasteiger partial charge >= 0.3 is 0 Å². The number of nitrogens with one attached hydrogen (secondary N) is 1. The van der Waals surface area contributed by atoms with Crippen molar-refractivity contribution in [1.82, 2.24) is 5.32 Å². The largest absolute Gasteiger partial charge is 0.507 e. The number of phenolic OH excluding ortho intramolecular Hbond substituents is 1. The maximum atomic E-state index is 10.5. The van der Waals surface area contributed by atoms with Gasteiger partial charge in [-0.1, -0.05) is 25.4 Å². The van der Waals surface area contributed by atoms with Gasteiger partial charge in [0.05, 0.1) is 0 Å². The molecule has 1 fully saturated rings. The van der Waals surface area contributed by atoms with Gasteiger partial charge in [0.1, 0.15) is 5.75 Å². The second-order valence-corrected chi connectivity index (χ2v) is 6.38. The first-order valence-corrected chi connectivity index (χ1v) is 7.60. The highest BCUT2D eigenvalue weighted by molar-refractivity contribution is 6.31. The normalized spacial score (nSPS) is 19.9. The van der Waals surface area contributed by atoms with Crippen LogP contribution in [0, 0.1) is 12.8 Å². The van der Waals surface area contributed by atoms with Gasteiger partial charge in [0.2, 0.25) is 0 Å². The number of piperidine rings is 1. The first-order chi connectivity index (χ1) is 9.00. The van der Waals surface area contributed by atoms with Gasteiger partial charge in [0, 0.05) is 5.02 Å². The van der Waals surface area contributed by atoms with Crippen LogP contribution in [0.2, 0.25) is 5.02 Å². The molecule has 0 amide bonds. The fourth-order valence-corrected chi connectivity index (χ4v) is 3.12. The third kappa shape index (κ3) is 3.24. The summed E-state index contributed by atoms with van der Waals surface area (Å²) in [5.74, 6) is 1.36. The van der Waals surface area contributed by atoms with Crippen molar-refractivity contribution in [2.45, 2.75) is 46.0 Å².